The van der Waals surface area contributed by atoms with Crippen molar-refractivity contribution < 1.29 is 14.4 Å². The van der Waals surface area contributed by atoms with E-state index < -0.39 is 0 Å². The number of hydrogen-bond acceptors (Lipinski definition) is 6. The topological polar surface area (TPSA) is 81.3 Å². The Morgan fingerprint density at radius 2 is 1.40 bits per heavy atom. The number of phenols is 1. The van der Waals surface area contributed by atoms with Crippen LogP contribution in [0.25, 0.3) is 22.8 Å². The number of aromatic nitrogens is 3. The molecule has 0 amide bonds. The zero-order valence-electron chi connectivity index (χ0n) is 13.0. The highest BCUT2D eigenvalue weighted by Gasteiger charge is 2.11. The molecule has 0 aliphatic rings. The van der Waals surface area contributed by atoms with Gasteiger partial charge in [0, 0.05) is 23.5 Å². The molecule has 0 aliphatic carbocycles. The van der Waals surface area contributed by atoms with Crippen LogP contribution in [-0.2, 0) is 0 Å². The van der Waals surface area contributed by atoms with Gasteiger partial charge in [-0.15, -0.1) is 0 Å². The molecule has 0 saturated heterocycles. The first-order valence-corrected chi connectivity index (χ1v) is 7.59. The molecule has 25 heavy (non-hydrogen) atoms. The fraction of sp³-hybridized carbons (Fsp3) is 0. The monoisotopic (exact) mass is 331 g/mol. The summed E-state index contributed by atoms with van der Waals surface area (Å²) in [5.74, 6) is 2.49. The third kappa shape index (κ3) is 3.32. The summed E-state index contributed by atoms with van der Waals surface area (Å²) < 4.78 is 11.0. The van der Waals surface area contributed by atoms with Crippen LogP contribution >= 0.6 is 0 Å². The average Bonchev–Trinajstić information content (AvgIpc) is 3.14. The highest BCUT2D eigenvalue weighted by atomic mass is 16.5. The summed E-state index contributed by atoms with van der Waals surface area (Å²) in [6, 6.07) is 17.6. The van der Waals surface area contributed by atoms with Crippen LogP contribution in [0.5, 0.6) is 17.2 Å². The van der Waals surface area contributed by atoms with E-state index in [9.17, 15) is 5.11 Å². The molecule has 6 heteroatoms. The molecule has 1 N–H and O–H groups in total. The third-order valence-corrected chi connectivity index (χ3v) is 3.54. The number of aromatic hydroxyl groups is 1. The molecule has 0 saturated carbocycles. The van der Waals surface area contributed by atoms with Gasteiger partial charge in [-0.2, -0.15) is 4.98 Å². The van der Waals surface area contributed by atoms with Gasteiger partial charge in [0.2, 0.25) is 5.82 Å². The summed E-state index contributed by atoms with van der Waals surface area (Å²) in [5, 5.41) is 13.3. The second-order valence-corrected chi connectivity index (χ2v) is 5.28. The predicted molar refractivity (Wildman–Crippen MR) is 91.1 cm³/mol. The van der Waals surface area contributed by atoms with Crippen molar-refractivity contribution in [3.05, 3.63) is 73.1 Å². The van der Waals surface area contributed by atoms with Gasteiger partial charge in [0.05, 0.1) is 0 Å². The van der Waals surface area contributed by atoms with E-state index in [-0.39, 0.29) is 5.75 Å². The minimum atomic E-state index is 0.188. The maximum atomic E-state index is 9.34. The predicted octanol–water partition coefficient (Wildman–Crippen LogP) is 4.30. The number of nitrogens with zero attached hydrogens (tertiary/aromatic N) is 3. The third-order valence-electron chi connectivity index (χ3n) is 3.54. The van der Waals surface area contributed by atoms with Crippen LogP contribution in [-0.4, -0.2) is 20.2 Å². The zero-order valence-corrected chi connectivity index (χ0v) is 13.0. The quantitative estimate of drug-likeness (QED) is 0.600. The fourth-order valence-electron chi connectivity index (χ4n) is 2.28. The smallest absolute Gasteiger partial charge is 0.258 e. The van der Waals surface area contributed by atoms with Crippen molar-refractivity contribution in [1.82, 2.24) is 15.1 Å². The van der Waals surface area contributed by atoms with Crippen LogP contribution in [0.1, 0.15) is 0 Å². The van der Waals surface area contributed by atoms with Crippen molar-refractivity contribution in [3.8, 4) is 40.1 Å². The zero-order chi connectivity index (χ0) is 17.1. The van der Waals surface area contributed by atoms with Gasteiger partial charge in [-0.05, 0) is 60.7 Å². The van der Waals surface area contributed by atoms with Crippen LogP contribution in [0, 0.1) is 0 Å². The first-order chi connectivity index (χ1) is 12.3. The Balaban J connectivity index is 1.53. The minimum absolute atomic E-state index is 0.188. The Morgan fingerprint density at radius 1 is 0.760 bits per heavy atom. The van der Waals surface area contributed by atoms with E-state index in [1.54, 1.807) is 48.8 Å². The highest BCUT2D eigenvalue weighted by molar-refractivity contribution is 5.61. The van der Waals surface area contributed by atoms with Crippen LogP contribution in [0.3, 0.4) is 0 Å². The number of benzene rings is 2. The van der Waals surface area contributed by atoms with E-state index in [0.29, 0.717) is 17.5 Å². The van der Waals surface area contributed by atoms with Gasteiger partial charge in [0.15, 0.2) is 0 Å². The maximum absolute atomic E-state index is 9.34. The van der Waals surface area contributed by atoms with Crippen molar-refractivity contribution >= 4 is 0 Å². The molecule has 0 unspecified atom stereocenters. The molecule has 0 atom stereocenters. The van der Waals surface area contributed by atoms with Crippen LogP contribution in [0.4, 0.5) is 0 Å². The Hall–Kier alpha value is -3.67. The van der Waals surface area contributed by atoms with Gasteiger partial charge < -0.3 is 14.4 Å². The molecule has 0 radical (unpaired) electrons. The van der Waals surface area contributed by atoms with Crippen LogP contribution < -0.4 is 4.74 Å². The molecule has 2 aromatic heterocycles. The number of phenolic OH excluding ortho intramolecular Hbond substituents is 1. The molecule has 0 aliphatic heterocycles. The largest absolute Gasteiger partial charge is 0.508 e. The molecule has 0 bridgehead atoms. The van der Waals surface area contributed by atoms with E-state index in [0.717, 1.165) is 16.9 Å². The molecule has 6 nitrogen and oxygen atoms in total. The van der Waals surface area contributed by atoms with E-state index >= 15 is 0 Å². The minimum Gasteiger partial charge on any atom is -0.508 e. The molecule has 4 aromatic rings. The van der Waals surface area contributed by atoms with E-state index in [1.165, 1.54) is 0 Å². The molecule has 0 spiro atoms. The highest BCUT2D eigenvalue weighted by Crippen LogP contribution is 2.26. The lowest BCUT2D eigenvalue weighted by atomic mass is 10.2. The number of ether oxygens (including phenoxy) is 1. The summed E-state index contributed by atoms with van der Waals surface area (Å²) >= 11 is 0. The van der Waals surface area contributed by atoms with Crippen molar-refractivity contribution in [2.24, 2.45) is 0 Å². The van der Waals surface area contributed by atoms with Gasteiger partial charge in [0.25, 0.3) is 5.89 Å². The molecule has 4 rings (SSSR count). The standard InChI is InChI=1S/C19H13N3O3/c23-15-5-1-14(2-6-15)19-21-18(22-25-19)13-3-7-16(8-4-13)24-17-9-11-20-12-10-17/h1-12,23H. The lowest BCUT2D eigenvalue weighted by Crippen LogP contribution is -1.85. The molecule has 2 heterocycles. The Kier molecular flexibility index (Phi) is 3.84. The average molecular weight is 331 g/mol. The lowest BCUT2D eigenvalue weighted by molar-refractivity contribution is 0.432. The first-order valence-electron chi connectivity index (χ1n) is 7.59. The molecular weight excluding hydrogens is 318 g/mol. The second-order valence-electron chi connectivity index (χ2n) is 5.28. The molecular formula is C19H13N3O3. The summed E-state index contributed by atoms with van der Waals surface area (Å²) in [6.07, 6.45) is 3.35. The van der Waals surface area contributed by atoms with E-state index in [4.69, 9.17) is 9.26 Å². The SMILES string of the molecule is Oc1ccc(-c2nc(-c3ccc(Oc4ccncc4)cc3)no2)cc1. The summed E-state index contributed by atoms with van der Waals surface area (Å²) in [7, 11) is 0. The lowest BCUT2D eigenvalue weighted by Gasteiger charge is -2.05. The van der Waals surface area contributed by atoms with Gasteiger partial charge in [-0.1, -0.05) is 5.16 Å². The number of rotatable bonds is 4. The number of pyridine rings is 1. The van der Waals surface area contributed by atoms with Crippen molar-refractivity contribution in [2.45, 2.75) is 0 Å². The van der Waals surface area contributed by atoms with Crippen molar-refractivity contribution in [1.29, 1.82) is 0 Å². The van der Waals surface area contributed by atoms with Crippen molar-refractivity contribution in [2.75, 3.05) is 0 Å². The molecule has 2 aromatic carbocycles. The second kappa shape index (κ2) is 6.45. The Labute approximate surface area is 143 Å². The number of hydrogen-bond donors (Lipinski definition) is 1. The van der Waals surface area contributed by atoms with Crippen LogP contribution in [0.2, 0.25) is 0 Å². The maximum Gasteiger partial charge on any atom is 0.258 e. The van der Waals surface area contributed by atoms with Gasteiger partial charge in [-0.25, -0.2) is 0 Å². The van der Waals surface area contributed by atoms with E-state index in [2.05, 4.69) is 15.1 Å². The summed E-state index contributed by atoms with van der Waals surface area (Å²) in [5.41, 5.74) is 1.56. The Bertz CT molecular complexity index is 965. The normalized spacial score (nSPS) is 10.6. The summed E-state index contributed by atoms with van der Waals surface area (Å²) in [6.45, 7) is 0. The Morgan fingerprint density at radius 3 is 2.12 bits per heavy atom. The van der Waals surface area contributed by atoms with Crippen molar-refractivity contribution in [3.63, 3.8) is 0 Å². The fourth-order valence-corrected chi connectivity index (χ4v) is 2.28. The van der Waals surface area contributed by atoms with E-state index in [1.807, 2.05) is 24.3 Å². The van der Waals surface area contributed by atoms with Crippen LogP contribution in [0.15, 0.2) is 77.6 Å². The first kappa shape index (κ1) is 14.9. The molecule has 0 fully saturated rings. The summed E-state index contributed by atoms with van der Waals surface area (Å²) in [4.78, 5) is 8.34. The van der Waals surface area contributed by atoms with Gasteiger partial charge in [-0.3, -0.25) is 4.98 Å². The van der Waals surface area contributed by atoms with Gasteiger partial charge in [0.1, 0.15) is 17.2 Å². The molecule has 122 valence electrons. The van der Waals surface area contributed by atoms with Gasteiger partial charge >= 0.3 is 0 Å².